The minimum atomic E-state index is -0.237. The molecule has 0 bridgehead atoms. The van der Waals surface area contributed by atoms with E-state index in [9.17, 15) is 4.79 Å². The van der Waals surface area contributed by atoms with Crippen LogP contribution in [0.5, 0.6) is 0 Å². The van der Waals surface area contributed by atoms with Gasteiger partial charge in [-0.3, -0.25) is 4.79 Å². The number of pyridine rings is 1. The quantitative estimate of drug-likeness (QED) is 0.836. The Bertz CT molecular complexity index is 619. The van der Waals surface area contributed by atoms with Crippen LogP contribution in [0.25, 0.3) is 0 Å². The normalized spacial score (nSPS) is 10.1. The maximum atomic E-state index is 12.1. The first-order valence-electron chi connectivity index (χ1n) is 5.51. The number of rotatable bonds is 3. The molecule has 0 unspecified atom stereocenters. The molecule has 0 atom stereocenters. The second-order valence-electron chi connectivity index (χ2n) is 3.78. The lowest BCUT2D eigenvalue weighted by Gasteiger charge is -2.07. The monoisotopic (exact) mass is 339 g/mol. The molecule has 0 radical (unpaired) electrons. The molecule has 6 heteroatoms. The Labute approximate surface area is 124 Å². The summed E-state index contributed by atoms with van der Waals surface area (Å²) in [4.78, 5) is 16.1. The van der Waals surface area contributed by atoms with Crippen molar-refractivity contribution in [2.24, 2.45) is 0 Å². The van der Waals surface area contributed by atoms with Crippen LogP contribution in [0, 0.1) is 0 Å². The van der Waals surface area contributed by atoms with E-state index in [1.807, 2.05) is 24.3 Å². The summed E-state index contributed by atoms with van der Waals surface area (Å²) in [6, 6.07) is 10.5. The molecule has 0 saturated heterocycles. The van der Waals surface area contributed by atoms with Crippen molar-refractivity contribution in [3.8, 4) is 0 Å². The van der Waals surface area contributed by atoms with Crippen molar-refractivity contribution >= 4 is 44.9 Å². The molecule has 2 aromatic rings. The standard InChI is InChI=1S/C13H11BrClN3O/c1-16-12-6-8(5-11(15)18-12)13(19)17-10-4-2-3-9(14)7-10/h2-7H,1H3,(H,16,18)(H,17,19). The van der Waals surface area contributed by atoms with Crippen molar-refractivity contribution in [1.29, 1.82) is 0 Å². The minimum Gasteiger partial charge on any atom is -0.373 e. The molecule has 1 heterocycles. The zero-order valence-corrected chi connectivity index (χ0v) is 12.4. The van der Waals surface area contributed by atoms with Gasteiger partial charge in [0, 0.05) is 22.8 Å². The fourth-order valence-electron chi connectivity index (χ4n) is 1.53. The van der Waals surface area contributed by atoms with E-state index in [4.69, 9.17) is 11.6 Å². The summed E-state index contributed by atoms with van der Waals surface area (Å²) < 4.78 is 0.897. The van der Waals surface area contributed by atoms with Gasteiger partial charge in [0.25, 0.3) is 5.91 Å². The second kappa shape index (κ2) is 6.04. The lowest BCUT2D eigenvalue weighted by Crippen LogP contribution is -2.12. The summed E-state index contributed by atoms with van der Waals surface area (Å²) in [6.07, 6.45) is 0. The average molecular weight is 341 g/mol. The van der Waals surface area contributed by atoms with Crippen LogP contribution in [0.1, 0.15) is 10.4 Å². The molecule has 2 N–H and O–H groups in total. The number of halogens is 2. The SMILES string of the molecule is CNc1cc(C(=O)Nc2cccc(Br)c2)cc(Cl)n1. The highest BCUT2D eigenvalue weighted by Gasteiger charge is 2.09. The Morgan fingerprint density at radius 2 is 2.11 bits per heavy atom. The van der Waals surface area contributed by atoms with Gasteiger partial charge >= 0.3 is 0 Å². The first-order valence-corrected chi connectivity index (χ1v) is 6.68. The number of benzene rings is 1. The summed E-state index contributed by atoms with van der Waals surface area (Å²) >= 11 is 9.21. The Kier molecular flexibility index (Phi) is 4.39. The van der Waals surface area contributed by atoms with Crippen molar-refractivity contribution < 1.29 is 4.79 Å². The van der Waals surface area contributed by atoms with Gasteiger partial charge in [0.1, 0.15) is 11.0 Å². The van der Waals surface area contributed by atoms with Gasteiger partial charge in [-0.05, 0) is 30.3 Å². The molecule has 98 valence electrons. The van der Waals surface area contributed by atoms with Gasteiger partial charge in [-0.15, -0.1) is 0 Å². The molecule has 0 spiro atoms. The van der Waals surface area contributed by atoms with Crippen LogP contribution in [0.3, 0.4) is 0 Å². The van der Waals surface area contributed by atoms with Crippen LogP contribution in [-0.4, -0.2) is 17.9 Å². The lowest BCUT2D eigenvalue weighted by atomic mass is 10.2. The molecular formula is C13H11BrClN3O. The molecule has 0 saturated carbocycles. The molecule has 0 fully saturated rings. The van der Waals surface area contributed by atoms with Gasteiger partial charge < -0.3 is 10.6 Å². The highest BCUT2D eigenvalue weighted by molar-refractivity contribution is 9.10. The Balaban J connectivity index is 2.22. The third-order valence-electron chi connectivity index (χ3n) is 2.39. The zero-order chi connectivity index (χ0) is 13.8. The van der Waals surface area contributed by atoms with E-state index in [1.54, 1.807) is 13.1 Å². The molecule has 0 aliphatic heterocycles. The average Bonchev–Trinajstić information content (AvgIpc) is 2.38. The van der Waals surface area contributed by atoms with Crippen LogP contribution < -0.4 is 10.6 Å². The first-order chi connectivity index (χ1) is 9.08. The van der Waals surface area contributed by atoms with E-state index < -0.39 is 0 Å². The van der Waals surface area contributed by atoms with Gasteiger partial charge in [-0.1, -0.05) is 33.6 Å². The third kappa shape index (κ3) is 3.68. The van der Waals surface area contributed by atoms with Crippen LogP contribution in [-0.2, 0) is 0 Å². The molecule has 0 aliphatic rings. The smallest absolute Gasteiger partial charge is 0.255 e. The third-order valence-corrected chi connectivity index (χ3v) is 3.08. The Morgan fingerprint density at radius 3 is 2.79 bits per heavy atom. The van der Waals surface area contributed by atoms with E-state index in [2.05, 4.69) is 31.5 Å². The van der Waals surface area contributed by atoms with Gasteiger partial charge in [-0.25, -0.2) is 4.98 Å². The van der Waals surface area contributed by atoms with Crippen molar-refractivity contribution in [2.75, 3.05) is 17.7 Å². The van der Waals surface area contributed by atoms with Crippen LogP contribution >= 0.6 is 27.5 Å². The molecule has 1 amide bonds. The van der Waals surface area contributed by atoms with Gasteiger partial charge in [0.2, 0.25) is 0 Å². The largest absolute Gasteiger partial charge is 0.373 e. The van der Waals surface area contributed by atoms with Gasteiger partial charge in [-0.2, -0.15) is 0 Å². The van der Waals surface area contributed by atoms with Crippen molar-refractivity contribution in [3.05, 3.63) is 51.6 Å². The number of carbonyl (C=O) groups is 1. The molecule has 1 aromatic heterocycles. The summed E-state index contributed by atoms with van der Waals surface area (Å²) in [5.41, 5.74) is 1.16. The number of hydrogen-bond donors (Lipinski definition) is 2. The molecule has 1 aromatic carbocycles. The molecule has 2 rings (SSSR count). The predicted octanol–water partition coefficient (Wildman–Crippen LogP) is 3.79. The van der Waals surface area contributed by atoms with Gasteiger partial charge in [0.05, 0.1) is 0 Å². The number of anilines is 2. The van der Waals surface area contributed by atoms with Crippen LogP contribution in [0.4, 0.5) is 11.5 Å². The van der Waals surface area contributed by atoms with E-state index in [-0.39, 0.29) is 11.1 Å². The number of amides is 1. The molecule has 19 heavy (non-hydrogen) atoms. The van der Waals surface area contributed by atoms with E-state index in [1.165, 1.54) is 6.07 Å². The minimum absolute atomic E-state index is 0.237. The molecular weight excluding hydrogens is 330 g/mol. The zero-order valence-electron chi connectivity index (χ0n) is 10.1. The maximum Gasteiger partial charge on any atom is 0.255 e. The molecule has 0 aliphatic carbocycles. The Morgan fingerprint density at radius 1 is 1.32 bits per heavy atom. The lowest BCUT2D eigenvalue weighted by molar-refractivity contribution is 0.102. The van der Waals surface area contributed by atoms with E-state index >= 15 is 0 Å². The fraction of sp³-hybridized carbons (Fsp3) is 0.0769. The number of carbonyl (C=O) groups excluding carboxylic acids is 1. The second-order valence-corrected chi connectivity index (χ2v) is 5.08. The topological polar surface area (TPSA) is 54.0 Å². The van der Waals surface area contributed by atoms with Crippen molar-refractivity contribution in [3.63, 3.8) is 0 Å². The van der Waals surface area contributed by atoms with Crippen LogP contribution in [0.15, 0.2) is 40.9 Å². The van der Waals surface area contributed by atoms with E-state index in [0.717, 1.165) is 4.47 Å². The fourth-order valence-corrected chi connectivity index (χ4v) is 2.13. The first kappa shape index (κ1) is 13.8. The number of nitrogens with one attached hydrogen (secondary N) is 2. The number of aromatic nitrogens is 1. The van der Waals surface area contributed by atoms with E-state index in [0.29, 0.717) is 17.1 Å². The number of nitrogens with zero attached hydrogens (tertiary/aromatic N) is 1. The highest BCUT2D eigenvalue weighted by atomic mass is 79.9. The van der Waals surface area contributed by atoms with Crippen LogP contribution in [0.2, 0.25) is 5.15 Å². The Hall–Kier alpha value is -1.59. The predicted molar refractivity (Wildman–Crippen MR) is 80.9 cm³/mol. The van der Waals surface area contributed by atoms with Crippen molar-refractivity contribution in [2.45, 2.75) is 0 Å². The van der Waals surface area contributed by atoms with Gasteiger partial charge in [0.15, 0.2) is 0 Å². The highest BCUT2D eigenvalue weighted by Crippen LogP contribution is 2.18. The summed E-state index contributed by atoms with van der Waals surface area (Å²) in [7, 11) is 1.72. The summed E-state index contributed by atoms with van der Waals surface area (Å²) in [5.74, 6) is 0.311. The summed E-state index contributed by atoms with van der Waals surface area (Å²) in [6.45, 7) is 0. The van der Waals surface area contributed by atoms with Crippen molar-refractivity contribution in [1.82, 2.24) is 4.98 Å². The maximum absolute atomic E-state index is 12.1. The molecule has 4 nitrogen and oxygen atoms in total. The summed E-state index contributed by atoms with van der Waals surface area (Å²) in [5, 5.41) is 5.92. The number of hydrogen-bond acceptors (Lipinski definition) is 3.